The third-order valence-corrected chi connectivity index (χ3v) is 3.26. The van der Waals surface area contributed by atoms with Crippen molar-refractivity contribution >= 4 is 0 Å². The summed E-state index contributed by atoms with van der Waals surface area (Å²) in [5.41, 5.74) is 0. The van der Waals surface area contributed by atoms with Crippen LogP contribution in [0.5, 0.6) is 0 Å². The van der Waals surface area contributed by atoms with Gasteiger partial charge in [-0.2, -0.15) is 0 Å². The van der Waals surface area contributed by atoms with Crippen molar-refractivity contribution in [2.45, 2.75) is 70.1 Å². The van der Waals surface area contributed by atoms with Crippen LogP contribution in [-0.4, -0.2) is 53.1 Å². The minimum absolute atomic E-state index is 0.0563. The van der Waals surface area contributed by atoms with Crippen LogP contribution in [0.3, 0.4) is 0 Å². The molecule has 1 saturated heterocycles. The first-order valence-corrected chi connectivity index (χ1v) is 6.94. The van der Waals surface area contributed by atoms with Gasteiger partial charge in [0.05, 0.1) is 6.61 Å². The molecule has 1 rings (SSSR count). The molecular weight excluding hydrogens is 236 g/mol. The lowest BCUT2D eigenvalue weighted by Crippen LogP contribution is -2.54. The molecular formula is C13H26O5. The Hall–Kier alpha value is -0.200. The van der Waals surface area contributed by atoms with E-state index in [0.29, 0.717) is 6.61 Å². The summed E-state index contributed by atoms with van der Waals surface area (Å²) in [7, 11) is 0. The van der Waals surface area contributed by atoms with Crippen molar-refractivity contribution in [2.24, 2.45) is 0 Å². The summed E-state index contributed by atoms with van der Waals surface area (Å²) in [5, 5.41) is 28.6. The van der Waals surface area contributed by atoms with E-state index < -0.39 is 24.6 Å². The monoisotopic (exact) mass is 262 g/mol. The van der Waals surface area contributed by atoms with Gasteiger partial charge in [-0.15, -0.1) is 0 Å². The third-order valence-electron chi connectivity index (χ3n) is 3.26. The number of hydrogen-bond acceptors (Lipinski definition) is 5. The molecule has 4 atom stereocenters. The van der Waals surface area contributed by atoms with E-state index in [9.17, 15) is 15.3 Å². The molecule has 0 aromatic heterocycles. The highest BCUT2D eigenvalue weighted by molar-refractivity contribution is 4.83. The van der Waals surface area contributed by atoms with Gasteiger partial charge in [-0.05, 0) is 6.42 Å². The van der Waals surface area contributed by atoms with Gasteiger partial charge in [0.25, 0.3) is 0 Å². The van der Waals surface area contributed by atoms with Crippen LogP contribution in [-0.2, 0) is 9.47 Å². The van der Waals surface area contributed by atoms with E-state index in [0.717, 1.165) is 12.8 Å². The fraction of sp³-hybridized carbons (Fsp3) is 1.00. The fourth-order valence-corrected chi connectivity index (χ4v) is 2.06. The van der Waals surface area contributed by atoms with Crippen LogP contribution < -0.4 is 0 Å². The molecule has 5 heteroatoms. The number of ether oxygens (including phenoxy) is 2. The van der Waals surface area contributed by atoms with E-state index in [-0.39, 0.29) is 6.61 Å². The largest absolute Gasteiger partial charge is 0.388 e. The molecule has 0 amide bonds. The second-order valence-electron chi connectivity index (χ2n) is 4.89. The minimum atomic E-state index is -1.15. The molecule has 0 spiro atoms. The summed E-state index contributed by atoms with van der Waals surface area (Å²) in [6.07, 6.45) is 2.86. The molecule has 0 bridgehead atoms. The van der Waals surface area contributed by atoms with Crippen molar-refractivity contribution in [1.82, 2.24) is 0 Å². The molecule has 3 N–H and O–H groups in total. The van der Waals surface area contributed by atoms with Gasteiger partial charge in [-0.3, -0.25) is 0 Å². The van der Waals surface area contributed by atoms with Crippen molar-refractivity contribution in [2.75, 3.05) is 13.2 Å². The van der Waals surface area contributed by atoms with Gasteiger partial charge in [0.15, 0.2) is 6.29 Å². The van der Waals surface area contributed by atoms with Crippen LogP contribution in [0.2, 0.25) is 0 Å². The van der Waals surface area contributed by atoms with Crippen LogP contribution in [0.4, 0.5) is 0 Å². The summed E-state index contributed by atoms with van der Waals surface area (Å²) < 4.78 is 10.3. The Morgan fingerprint density at radius 1 is 1.06 bits per heavy atom. The zero-order valence-corrected chi connectivity index (χ0v) is 11.1. The molecule has 0 radical (unpaired) electrons. The Labute approximate surface area is 109 Å². The first kappa shape index (κ1) is 15.9. The van der Waals surface area contributed by atoms with Crippen molar-refractivity contribution in [3.63, 3.8) is 0 Å². The first-order valence-electron chi connectivity index (χ1n) is 6.94. The average molecular weight is 262 g/mol. The van der Waals surface area contributed by atoms with Gasteiger partial charge in [0.2, 0.25) is 0 Å². The first-order chi connectivity index (χ1) is 8.66. The molecule has 1 fully saturated rings. The van der Waals surface area contributed by atoms with Gasteiger partial charge in [-0.25, -0.2) is 0 Å². The van der Waals surface area contributed by atoms with Gasteiger partial charge >= 0.3 is 0 Å². The summed E-state index contributed by atoms with van der Waals surface area (Å²) in [6, 6.07) is 0. The van der Waals surface area contributed by atoms with Gasteiger partial charge in [0.1, 0.15) is 18.3 Å². The van der Waals surface area contributed by atoms with Crippen molar-refractivity contribution in [3.05, 3.63) is 0 Å². The Bertz CT molecular complexity index is 212. The molecule has 0 aromatic carbocycles. The molecule has 0 aliphatic carbocycles. The topological polar surface area (TPSA) is 79.2 Å². The van der Waals surface area contributed by atoms with Crippen molar-refractivity contribution in [1.29, 1.82) is 0 Å². The van der Waals surface area contributed by atoms with E-state index >= 15 is 0 Å². The Kier molecular flexibility index (Phi) is 7.77. The van der Waals surface area contributed by atoms with Crippen LogP contribution in [0, 0.1) is 0 Å². The average Bonchev–Trinajstić information content (AvgIpc) is 2.36. The second kappa shape index (κ2) is 8.82. The molecule has 5 nitrogen and oxygen atoms in total. The number of aliphatic hydroxyl groups excluding tert-OH is 3. The molecule has 0 saturated carbocycles. The van der Waals surface area contributed by atoms with E-state index in [4.69, 9.17) is 9.47 Å². The lowest BCUT2D eigenvalue weighted by molar-refractivity contribution is -0.265. The fourth-order valence-electron chi connectivity index (χ4n) is 2.06. The lowest BCUT2D eigenvalue weighted by Gasteiger charge is -2.35. The SMILES string of the molecule is CCCCCCCCO[C@H]1C(O)OC[C@@H](O)[C@@H]1O. The number of unbranched alkanes of at least 4 members (excludes halogenated alkanes) is 5. The van der Waals surface area contributed by atoms with Crippen LogP contribution in [0.15, 0.2) is 0 Å². The quantitative estimate of drug-likeness (QED) is 0.564. The molecule has 18 heavy (non-hydrogen) atoms. The molecule has 1 aliphatic heterocycles. The van der Waals surface area contributed by atoms with E-state index in [1.807, 2.05) is 0 Å². The molecule has 108 valence electrons. The zero-order valence-electron chi connectivity index (χ0n) is 11.1. The van der Waals surface area contributed by atoms with Crippen LogP contribution in [0.25, 0.3) is 0 Å². The van der Waals surface area contributed by atoms with Gasteiger partial charge in [-0.1, -0.05) is 39.0 Å². The molecule has 1 heterocycles. The van der Waals surface area contributed by atoms with Crippen LogP contribution >= 0.6 is 0 Å². The highest BCUT2D eigenvalue weighted by Gasteiger charge is 2.38. The maximum absolute atomic E-state index is 9.67. The van der Waals surface area contributed by atoms with E-state index in [1.54, 1.807) is 0 Å². The van der Waals surface area contributed by atoms with Gasteiger partial charge < -0.3 is 24.8 Å². The number of hydrogen-bond donors (Lipinski definition) is 3. The highest BCUT2D eigenvalue weighted by Crippen LogP contribution is 2.17. The van der Waals surface area contributed by atoms with Crippen molar-refractivity contribution in [3.8, 4) is 0 Å². The Morgan fingerprint density at radius 2 is 1.72 bits per heavy atom. The molecule has 0 aromatic rings. The predicted octanol–water partition coefficient (Wildman–Crippen LogP) is 0.802. The lowest BCUT2D eigenvalue weighted by atomic mass is 10.1. The predicted molar refractivity (Wildman–Crippen MR) is 67.1 cm³/mol. The highest BCUT2D eigenvalue weighted by atomic mass is 16.6. The smallest absolute Gasteiger partial charge is 0.183 e. The maximum Gasteiger partial charge on any atom is 0.183 e. The number of rotatable bonds is 8. The van der Waals surface area contributed by atoms with E-state index in [1.165, 1.54) is 25.7 Å². The van der Waals surface area contributed by atoms with Crippen molar-refractivity contribution < 1.29 is 24.8 Å². The summed E-state index contributed by atoms with van der Waals surface area (Å²) in [4.78, 5) is 0. The zero-order chi connectivity index (χ0) is 13.4. The Balaban J connectivity index is 2.09. The molecule has 1 unspecified atom stereocenters. The number of aliphatic hydroxyl groups is 3. The normalized spacial score (nSPS) is 32.7. The minimum Gasteiger partial charge on any atom is -0.388 e. The summed E-state index contributed by atoms with van der Waals surface area (Å²) >= 11 is 0. The maximum atomic E-state index is 9.67. The Morgan fingerprint density at radius 3 is 2.44 bits per heavy atom. The standard InChI is InChI=1S/C13H26O5/c1-2-3-4-5-6-7-8-17-12-11(15)10(14)9-18-13(12)16/h10-16H,2-9H2,1H3/t10-,11+,12-,13?/m1/s1. The van der Waals surface area contributed by atoms with Gasteiger partial charge in [0, 0.05) is 6.61 Å². The summed E-state index contributed by atoms with van der Waals surface area (Å²) in [5.74, 6) is 0. The third kappa shape index (κ3) is 5.20. The molecule has 1 aliphatic rings. The summed E-state index contributed by atoms with van der Waals surface area (Å²) in [6.45, 7) is 2.60. The van der Waals surface area contributed by atoms with E-state index in [2.05, 4.69) is 6.92 Å². The second-order valence-corrected chi connectivity index (χ2v) is 4.89. The van der Waals surface area contributed by atoms with Crippen LogP contribution in [0.1, 0.15) is 45.4 Å².